The molecule has 1 aromatic rings. The third kappa shape index (κ3) is 5.98. The second-order valence-corrected chi connectivity index (χ2v) is 5.57. The van der Waals surface area contributed by atoms with Crippen molar-refractivity contribution in [2.24, 2.45) is 11.7 Å². The fourth-order valence-corrected chi connectivity index (χ4v) is 1.84. The Labute approximate surface area is 116 Å². The summed E-state index contributed by atoms with van der Waals surface area (Å²) in [7, 11) is 4.16. The third-order valence-electron chi connectivity index (χ3n) is 2.81. The van der Waals surface area contributed by atoms with Gasteiger partial charge in [-0.3, -0.25) is 0 Å². The lowest BCUT2D eigenvalue weighted by Crippen LogP contribution is -2.35. The first kappa shape index (κ1) is 15.9. The maximum Gasteiger partial charge on any atom is 0.225 e. The summed E-state index contributed by atoms with van der Waals surface area (Å²) in [6.45, 7) is 7.99. The van der Waals surface area contributed by atoms with Crippen LogP contribution in [0, 0.1) is 5.92 Å². The summed E-state index contributed by atoms with van der Waals surface area (Å²) in [5.41, 5.74) is 6.63. The summed E-state index contributed by atoms with van der Waals surface area (Å²) in [6.07, 6.45) is 4.61. The van der Waals surface area contributed by atoms with Crippen molar-refractivity contribution in [2.75, 3.05) is 45.2 Å². The maximum atomic E-state index is 5.53. The molecule has 0 aliphatic carbocycles. The summed E-state index contributed by atoms with van der Waals surface area (Å²) < 4.78 is 0. The summed E-state index contributed by atoms with van der Waals surface area (Å²) in [6, 6.07) is 0. The van der Waals surface area contributed by atoms with Crippen molar-refractivity contribution < 1.29 is 0 Å². The van der Waals surface area contributed by atoms with E-state index in [1.807, 2.05) is 12.4 Å². The maximum absolute atomic E-state index is 5.53. The van der Waals surface area contributed by atoms with Crippen molar-refractivity contribution in [3.63, 3.8) is 0 Å². The Bertz CT molecular complexity index is 347. The Morgan fingerprint density at radius 3 is 2.26 bits per heavy atom. The molecule has 1 aromatic heterocycles. The van der Waals surface area contributed by atoms with E-state index in [1.54, 1.807) is 0 Å². The number of nitrogens with two attached hydrogens (primary N) is 1. The van der Waals surface area contributed by atoms with Crippen molar-refractivity contribution in [1.82, 2.24) is 14.9 Å². The zero-order valence-electron chi connectivity index (χ0n) is 12.6. The Balaban J connectivity index is 2.72. The molecule has 0 aliphatic heterocycles. The van der Waals surface area contributed by atoms with Crippen LogP contribution in [0.25, 0.3) is 0 Å². The summed E-state index contributed by atoms with van der Waals surface area (Å²) >= 11 is 0. The lowest BCUT2D eigenvalue weighted by molar-refractivity contribution is 0.407. The average molecular weight is 265 g/mol. The van der Waals surface area contributed by atoms with Gasteiger partial charge in [0.25, 0.3) is 0 Å². The van der Waals surface area contributed by atoms with Crippen molar-refractivity contribution in [3.8, 4) is 0 Å². The van der Waals surface area contributed by atoms with Gasteiger partial charge in [0.2, 0.25) is 5.95 Å². The number of likely N-dealkylation sites (N-methyl/N-ethyl adjacent to an activating group) is 1. The lowest BCUT2D eigenvalue weighted by Gasteiger charge is -2.26. The molecular weight excluding hydrogens is 238 g/mol. The minimum atomic E-state index is 0.592. The van der Waals surface area contributed by atoms with Crippen LogP contribution in [-0.4, -0.2) is 55.1 Å². The van der Waals surface area contributed by atoms with Gasteiger partial charge in [0.1, 0.15) is 0 Å². The van der Waals surface area contributed by atoms with Crippen LogP contribution in [-0.2, 0) is 6.42 Å². The standard InChI is InChI=1S/C14H27N5/c1-12(2)11-19(8-7-18(3)4)14-16-9-13(5-6-15)10-17-14/h9-10,12H,5-8,11,15H2,1-4H3. The van der Waals surface area contributed by atoms with Crippen LogP contribution in [0.3, 0.4) is 0 Å². The molecule has 5 heteroatoms. The number of anilines is 1. The van der Waals surface area contributed by atoms with Crippen molar-refractivity contribution >= 4 is 5.95 Å². The third-order valence-corrected chi connectivity index (χ3v) is 2.81. The molecule has 0 spiro atoms. The quantitative estimate of drug-likeness (QED) is 0.760. The van der Waals surface area contributed by atoms with Gasteiger partial charge < -0.3 is 15.5 Å². The summed E-state index contributed by atoms with van der Waals surface area (Å²) in [5, 5.41) is 0. The number of aromatic nitrogens is 2. The predicted octanol–water partition coefficient (Wildman–Crippen LogP) is 1.00. The van der Waals surface area contributed by atoms with Crippen molar-refractivity contribution in [2.45, 2.75) is 20.3 Å². The molecule has 0 radical (unpaired) electrons. The van der Waals surface area contributed by atoms with E-state index >= 15 is 0 Å². The van der Waals surface area contributed by atoms with Crippen molar-refractivity contribution in [3.05, 3.63) is 18.0 Å². The van der Waals surface area contributed by atoms with Crippen molar-refractivity contribution in [1.29, 1.82) is 0 Å². The van der Waals surface area contributed by atoms with E-state index in [0.29, 0.717) is 12.5 Å². The topological polar surface area (TPSA) is 58.3 Å². The fourth-order valence-electron chi connectivity index (χ4n) is 1.84. The monoisotopic (exact) mass is 265 g/mol. The van der Waals surface area contributed by atoms with Crippen LogP contribution in [0.4, 0.5) is 5.95 Å². The van der Waals surface area contributed by atoms with E-state index < -0.39 is 0 Å². The van der Waals surface area contributed by atoms with E-state index in [4.69, 9.17) is 5.73 Å². The highest BCUT2D eigenvalue weighted by atomic mass is 15.3. The first-order valence-electron chi connectivity index (χ1n) is 6.93. The minimum absolute atomic E-state index is 0.592. The largest absolute Gasteiger partial charge is 0.339 e. The molecule has 0 amide bonds. The zero-order chi connectivity index (χ0) is 14.3. The Morgan fingerprint density at radius 1 is 1.16 bits per heavy atom. The molecule has 19 heavy (non-hydrogen) atoms. The number of rotatable bonds is 8. The van der Waals surface area contributed by atoms with Crippen LogP contribution in [0.2, 0.25) is 0 Å². The molecule has 0 atom stereocenters. The van der Waals surface area contributed by atoms with E-state index in [9.17, 15) is 0 Å². The summed E-state index contributed by atoms with van der Waals surface area (Å²) in [5.74, 6) is 1.41. The van der Waals surface area contributed by atoms with Gasteiger partial charge in [-0.1, -0.05) is 13.8 Å². The number of hydrogen-bond acceptors (Lipinski definition) is 5. The normalized spacial score (nSPS) is 11.3. The molecule has 1 heterocycles. The minimum Gasteiger partial charge on any atom is -0.339 e. The number of hydrogen-bond donors (Lipinski definition) is 1. The molecule has 0 saturated heterocycles. The predicted molar refractivity (Wildman–Crippen MR) is 80.4 cm³/mol. The van der Waals surface area contributed by atoms with Crippen LogP contribution < -0.4 is 10.6 Å². The first-order chi connectivity index (χ1) is 9.02. The van der Waals surface area contributed by atoms with Gasteiger partial charge in [-0.25, -0.2) is 9.97 Å². The van der Waals surface area contributed by atoms with Gasteiger partial charge >= 0.3 is 0 Å². The highest BCUT2D eigenvalue weighted by molar-refractivity contribution is 5.30. The van der Waals surface area contributed by atoms with E-state index in [-0.39, 0.29) is 0 Å². The van der Waals surface area contributed by atoms with Crippen LogP contribution in [0.15, 0.2) is 12.4 Å². The number of nitrogens with zero attached hydrogens (tertiary/aromatic N) is 4. The highest BCUT2D eigenvalue weighted by Crippen LogP contribution is 2.10. The lowest BCUT2D eigenvalue weighted by atomic mass is 10.2. The molecule has 0 bridgehead atoms. The van der Waals surface area contributed by atoms with Gasteiger partial charge in [-0.2, -0.15) is 0 Å². The summed E-state index contributed by atoms with van der Waals surface area (Å²) in [4.78, 5) is 13.4. The SMILES string of the molecule is CC(C)CN(CCN(C)C)c1ncc(CCN)cn1. The van der Waals surface area contributed by atoms with Gasteiger partial charge in [0, 0.05) is 32.0 Å². The Hall–Kier alpha value is -1.20. The molecule has 0 aromatic carbocycles. The molecule has 108 valence electrons. The average Bonchev–Trinajstić information content (AvgIpc) is 2.35. The molecule has 0 aliphatic rings. The molecule has 0 saturated carbocycles. The molecular formula is C14H27N5. The molecule has 0 fully saturated rings. The van der Waals surface area contributed by atoms with E-state index in [0.717, 1.165) is 37.6 Å². The molecule has 5 nitrogen and oxygen atoms in total. The van der Waals surface area contributed by atoms with Gasteiger partial charge in [-0.15, -0.1) is 0 Å². The zero-order valence-corrected chi connectivity index (χ0v) is 12.6. The smallest absolute Gasteiger partial charge is 0.225 e. The van der Waals surface area contributed by atoms with Crippen LogP contribution >= 0.6 is 0 Å². The van der Waals surface area contributed by atoms with Crippen LogP contribution in [0.5, 0.6) is 0 Å². The highest BCUT2D eigenvalue weighted by Gasteiger charge is 2.11. The van der Waals surface area contributed by atoms with E-state index in [1.165, 1.54) is 0 Å². The van der Waals surface area contributed by atoms with E-state index in [2.05, 4.69) is 47.7 Å². The Kier molecular flexibility index (Phi) is 6.73. The van der Waals surface area contributed by atoms with Gasteiger partial charge in [0.15, 0.2) is 0 Å². The molecule has 0 unspecified atom stereocenters. The molecule has 1 rings (SSSR count). The van der Waals surface area contributed by atoms with Gasteiger partial charge in [0.05, 0.1) is 0 Å². The first-order valence-corrected chi connectivity index (χ1v) is 6.93. The second-order valence-electron chi connectivity index (χ2n) is 5.57. The van der Waals surface area contributed by atoms with Gasteiger partial charge in [-0.05, 0) is 38.5 Å². The fraction of sp³-hybridized carbons (Fsp3) is 0.714. The van der Waals surface area contributed by atoms with Crippen LogP contribution in [0.1, 0.15) is 19.4 Å². The Morgan fingerprint density at radius 2 is 1.79 bits per heavy atom. The molecule has 2 N–H and O–H groups in total. The second kappa shape index (κ2) is 8.07.